The molecule has 104 valence electrons. The highest BCUT2D eigenvalue weighted by Crippen LogP contribution is 2.31. The van der Waals surface area contributed by atoms with E-state index in [0.717, 1.165) is 6.42 Å². The van der Waals surface area contributed by atoms with Crippen molar-refractivity contribution in [2.75, 3.05) is 0 Å². The second-order valence-corrected chi connectivity index (χ2v) is 5.52. The van der Waals surface area contributed by atoms with E-state index < -0.39 is 0 Å². The van der Waals surface area contributed by atoms with Crippen molar-refractivity contribution in [2.45, 2.75) is 20.3 Å². The van der Waals surface area contributed by atoms with E-state index in [1.54, 1.807) is 0 Å². The maximum atomic E-state index is 2.34. The summed E-state index contributed by atoms with van der Waals surface area (Å²) in [7, 11) is 0. The Morgan fingerprint density at radius 3 is 2.24 bits per heavy atom. The predicted octanol–water partition coefficient (Wildman–Crippen LogP) is 5.81. The van der Waals surface area contributed by atoms with Crippen molar-refractivity contribution in [3.05, 3.63) is 95.1 Å². The number of hydrogen-bond donors (Lipinski definition) is 0. The molecule has 1 aliphatic carbocycles. The van der Waals surface area contributed by atoms with Crippen LogP contribution in [0.4, 0.5) is 0 Å². The molecule has 0 spiro atoms. The molecule has 2 aromatic carbocycles. The zero-order valence-electron chi connectivity index (χ0n) is 12.6. The summed E-state index contributed by atoms with van der Waals surface area (Å²) in [5, 5.41) is 0. The van der Waals surface area contributed by atoms with Crippen LogP contribution in [0.3, 0.4) is 0 Å². The van der Waals surface area contributed by atoms with Crippen LogP contribution in [0.5, 0.6) is 0 Å². The Kier molecular flexibility index (Phi) is 3.87. The molecule has 21 heavy (non-hydrogen) atoms. The van der Waals surface area contributed by atoms with Gasteiger partial charge >= 0.3 is 0 Å². The Hall–Kier alpha value is -2.34. The number of aryl methyl sites for hydroxylation is 1. The normalized spacial score (nSPS) is 14.9. The summed E-state index contributed by atoms with van der Waals surface area (Å²) in [6.07, 6.45) is 7.93. The van der Waals surface area contributed by atoms with Crippen molar-refractivity contribution in [1.29, 1.82) is 0 Å². The fourth-order valence-electron chi connectivity index (χ4n) is 2.86. The molecule has 1 aliphatic rings. The lowest BCUT2D eigenvalue weighted by Crippen LogP contribution is -1.90. The van der Waals surface area contributed by atoms with Gasteiger partial charge in [-0.2, -0.15) is 0 Å². The van der Waals surface area contributed by atoms with Gasteiger partial charge in [-0.1, -0.05) is 72.8 Å². The molecule has 0 N–H and O–H groups in total. The molecule has 3 rings (SSSR count). The first-order valence-corrected chi connectivity index (χ1v) is 7.46. The Morgan fingerprint density at radius 1 is 0.762 bits per heavy atom. The molecule has 0 fully saturated rings. The maximum Gasteiger partial charge on any atom is -0.0151 e. The summed E-state index contributed by atoms with van der Waals surface area (Å²) in [4.78, 5) is 0. The van der Waals surface area contributed by atoms with Crippen LogP contribution < -0.4 is 0 Å². The first-order valence-electron chi connectivity index (χ1n) is 7.46. The van der Waals surface area contributed by atoms with Crippen molar-refractivity contribution < 1.29 is 0 Å². The van der Waals surface area contributed by atoms with Gasteiger partial charge in [0.15, 0.2) is 0 Å². The van der Waals surface area contributed by atoms with Crippen molar-refractivity contribution in [2.24, 2.45) is 0 Å². The molecule has 0 unspecified atom stereocenters. The molecule has 2 aromatic rings. The molecule has 0 atom stereocenters. The van der Waals surface area contributed by atoms with E-state index in [4.69, 9.17) is 0 Å². The quantitative estimate of drug-likeness (QED) is 0.647. The monoisotopic (exact) mass is 272 g/mol. The van der Waals surface area contributed by atoms with E-state index in [1.807, 2.05) is 0 Å². The van der Waals surface area contributed by atoms with Crippen LogP contribution >= 0.6 is 0 Å². The molecule has 0 amide bonds. The van der Waals surface area contributed by atoms with Crippen LogP contribution in [0.15, 0.2) is 78.4 Å². The minimum Gasteiger partial charge on any atom is -0.0728 e. The van der Waals surface area contributed by atoms with E-state index in [0.29, 0.717) is 0 Å². The van der Waals surface area contributed by atoms with E-state index >= 15 is 0 Å². The summed E-state index contributed by atoms with van der Waals surface area (Å²) in [6, 6.07) is 19.2. The molecule has 0 heteroatoms. The number of allylic oxidation sites excluding steroid dienone is 6. The van der Waals surface area contributed by atoms with Gasteiger partial charge < -0.3 is 0 Å². The van der Waals surface area contributed by atoms with Gasteiger partial charge in [-0.05, 0) is 53.7 Å². The molecule has 0 aliphatic heterocycles. The lowest BCUT2D eigenvalue weighted by atomic mass is 9.94. The van der Waals surface area contributed by atoms with Crippen LogP contribution in [-0.2, 0) is 0 Å². The first kappa shape index (κ1) is 13.6. The highest BCUT2D eigenvalue weighted by Gasteiger charge is 2.10. The third-order valence-electron chi connectivity index (χ3n) is 4.00. The van der Waals surface area contributed by atoms with Crippen molar-refractivity contribution >= 4 is 11.1 Å². The minimum absolute atomic E-state index is 0.974. The van der Waals surface area contributed by atoms with Crippen LogP contribution in [0, 0.1) is 6.92 Å². The zero-order valence-corrected chi connectivity index (χ0v) is 12.6. The fraction of sp³-hybridized carbons (Fsp3) is 0.143. The minimum atomic E-state index is 0.974. The molecule has 0 nitrogen and oxygen atoms in total. The predicted molar refractivity (Wildman–Crippen MR) is 91.9 cm³/mol. The van der Waals surface area contributed by atoms with Gasteiger partial charge in [0, 0.05) is 0 Å². The third-order valence-corrected chi connectivity index (χ3v) is 4.00. The Morgan fingerprint density at radius 2 is 1.48 bits per heavy atom. The van der Waals surface area contributed by atoms with E-state index in [-0.39, 0.29) is 0 Å². The van der Waals surface area contributed by atoms with Crippen LogP contribution in [0.1, 0.15) is 30.0 Å². The fourth-order valence-corrected chi connectivity index (χ4v) is 2.86. The van der Waals surface area contributed by atoms with Gasteiger partial charge in [0.1, 0.15) is 0 Å². The molecule has 0 bridgehead atoms. The maximum absolute atomic E-state index is 2.34. The average molecular weight is 272 g/mol. The molecular weight excluding hydrogens is 252 g/mol. The number of rotatable bonds is 2. The van der Waals surface area contributed by atoms with E-state index in [9.17, 15) is 0 Å². The van der Waals surface area contributed by atoms with Crippen molar-refractivity contribution in [3.63, 3.8) is 0 Å². The number of hydrogen-bond acceptors (Lipinski definition) is 0. The van der Waals surface area contributed by atoms with Crippen molar-refractivity contribution in [1.82, 2.24) is 0 Å². The second kappa shape index (κ2) is 5.97. The van der Waals surface area contributed by atoms with E-state index in [1.165, 1.54) is 33.4 Å². The third kappa shape index (κ3) is 2.90. The van der Waals surface area contributed by atoms with E-state index in [2.05, 4.69) is 86.7 Å². The molecule has 0 aromatic heterocycles. The average Bonchev–Trinajstić information content (AvgIpc) is 2.71. The number of benzene rings is 2. The summed E-state index contributed by atoms with van der Waals surface area (Å²) < 4.78 is 0. The SMILES string of the molecule is CC1=CC(c2ccccc2)=CCC=C1c1ccccc1C. The lowest BCUT2D eigenvalue weighted by Gasteiger charge is -2.11. The zero-order chi connectivity index (χ0) is 14.7. The van der Waals surface area contributed by atoms with Gasteiger partial charge in [0.25, 0.3) is 0 Å². The summed E-state index contributed by atoms with van der Waals surface area (Å²) in [6.45, 7) is 4.39. The van der Waals surface area contributed by atoms with Gasteiger partial charge in [-0.25, -0.2) is 0 Å². The van der Waals surface area contributed by atoms with Crippen LogP contribution in [0.2, 0.25) is 0 Å². The Labute approximate surface area is 127 Å². The van der Waals surface area contributed by atoms with Gasteiger partial charge in [0.05, 0.1) is 0 Å². The highest BCUT2D eigenvalue weighted by molar-refractivity contribution is 5.87. The van der Waals surface area contributed by atoms with Gasteiger partial charge in [-0.3, -0.25) is 0 Å². The highest BCUT2D eigenvalue weighted by atomic mass is 14.1. The standard InChI is InChI=1S/C21H20/c1-16-9-6-7-13-20(16)21-14-8-12-19(15-17(21)2)18-10-4-3-5-11-18/h3-7,9-15H,8H2,1-2H3. The summed E-state index contributed by atoms with van der Waals surface area (Å²) >= 11 is 0. The first-order chi connectivity index (χ1) is 10.3. The van der Waals surface area contributed by atoms with Crippen molar-refractivity contribution in [3.8, 4) is 0 Å². The van der Waals surface area contributed by atoms with Gasteiger partial charge in [0.2, 0.25) is 0 Å². The lowest BCUT2D eigenvalue weighted by molar-refractivity contribution is 1.36. The van der Waals surface area contributed by atoms with Crippen LogP contribution in [-0.4, -0.2) is 0 Å². The smallest absolute Gasteiger partial charge is 0.0151 e. The molecular formula is C21H20. The molecule has 0 radical (unpaired) electrons. The summed E-state index contributed by atoms with van der Waals surface area (Å²) in [5.74, 6) is 0. The largest absolute Gasteiger partial charge is 0.0728 e. The Balaban J connectivity index is 1.99. The summed E-state index contributed by atoms with van der Waals surface area (Å²) in [5.41, 5.74) is 7.96. The second-order valence-electron chi connectivity index (χ2n) is 5.52. The van der Waals surface area contributed by atoms with Gasteiger partial charge in [-0.15, -0.1) is 0 Å². The molecule has 0 saturated heterocycles. The molecule has 0 saturated carbocycles. The topological polar surface area (TPSA) is 0 Å². The molecule has 0 heterocycles. The Bertz CT molecular complexity index is 728. The van der Waals surface area contributed by atoms with Crippen LogP contribution in [0.25, 0.3) is 11.1 Å².